The van der Waals surface area contributed by atoms with Crippen molar-refractivity contribution in [3.63, 3.8) is 0 Å². The highest BCUT2D eigenvalue weighted by atomic mass is 16.4. The van der Waals surface area contributed by atoms with E-state index in [1.54, 1.807) is 6.20 Å². The molecule has 0 aliphatic heterocycles. The molecule has 6 nitrogen and oxygen atoms in total. The fourth-order valence-electron chi connectivity index (χ4n) is 1.99. The number of para-hydroxylation sites is 1. The number of carboxylic acids is 1. The average molecular weight is 287 g/mol. The van der Waals surface area contributed by atoms with Gasteiger partial charge in [-0.1, -0.05) is 24.3 Å². The van der Waals surface area contributed by atoms with Gasteiger partial charge >= 0.3 is 12.0 Å². The molecule has 3 N–H and O–H groups in total. The van der Waals surface area contributed by atoms with E-state index in [1.165, 1.54) is 6.92 Å². The van der Waals surface area contributed by atoms with E-state index in [9.17, 15) is 9.59 Å². The Labute approximate surface area is 122 Å². The van der Waals surface area contributed by atoms with Crippen LogP contribution in [-0.4, -0.2) is 34.7 Å². The number of fused-ring (bicyclic) bond motifs is 1. The molecule has 21 heavy (non-hydrogen) atoms. The monoisotopic (exact) mass is 287 g/mol. The van der Waals surface area contributed by atoms with Crippen molar-refractivity contribution >= 4 is 22.9 Å². The molecule has 0 aliphatic carbocycles. The van der Waals surface area contributed by atoms with Crippen LogP contribution in [-0.2, 0) is 11.2 Å². The van der Waals surface area contributed by atoms with Gasteiger partial charge in [0.25, 0.3) is 0 Å². The normalized spacial score (nSPS) is 11.9. The first kappa shape index (κ1) is 14.8. The number of nitrogens with one attached hydrogen (secondary N) is 2. The Balaban J connectivity index is 1.91. The molecule has 2 amide bonds. The second kappa shape index (κ2) is 6.69. The second-order valence-electron chi connectivity index (χ2n) is 4.70. The summed E-state index contributed by atoms with van der Waals surface area (Å²) in [7, 11) is 0. The SMILES string of the molecule is C[C@H](NC(=O)NCCc1cccc2cccnc12)C(=O)O. The van der Waals surface area contributed by atoms with Crippen molar-refractivity contribution in [2.24, 2.45) is 0 Å². The van der Waals surface area contributed by atoms with Crippen molar-refractivity contribution in [1.82, 2.24) is 15.6 Å². The van der Waals surface area contributed by atoms with Gasteiger partial charge in [0, 0.05) is 18.1 Å². The van der Waals surface area contributed by atoms with Crippen molar-refractivity contribution < 1.29 is 14.7 Å². The van der Waals surface area contributed by atoms with Crippen LogP contribution in [0.3, 0.4) is 0 Å². The summed E-state index contributed by atoms with van der Waals surface area (Å²) in [5.41, 5.74) is 1.96. The van der Waals surface area contributed by atoms with Gasteiger partial charge < -0.3 is 15.7 Å². The molecule has 1 atom stereocenters. The van der Waals surface area contributed by atoms with Crippen LogP contribution in [0.2, 0.25) is 0 Å². The number of hydrogen-bond donors (Lipinski definition) is 3. The minimum Gasteiger partial charge on any atom is -0.480 e. The Morgan fingerprint density at radius 3 is 2.81 bits per heavy atom. The van der Waals surface area contributed by atoms with Crippen molar-refractivity contribution in [3.05, 3.63) is 42.1 Å². The van der Waals surface area contributed by atoms with Gasteiger partial charge in [-0.25, -0.2) is 4.79 Å². The van der Waals surface area contributed by atoms with Gasteiger partial charge in [-0.05, 0) is 25.0 Å². The fourth-order valence-corrected chi connectivity index (χ4v) is 1.99. The minimum atomic E-state index is -1.07. The van der Waals surface area contributed by atoms with Gasteiger partial charge in [-0.3, -0.25) is 9.78 Å². The summed E-state index contributed by atoms with van der Waals surface area (Å²) in [6.07, 6.45) is 2.36. The van der Waals surface area contributed by atoms with Crippen LogP contribution >= 0.6 is 0 Å². The number of benzene rings is 1. The lowest BCUT2D eigenvalue weighted by atomic mass is 10.1. The number of urea groups is 1. The molecule has 110 valence electrons. The Hall–Kier alpha value is -2.63. The zero-order chi connectivity index (χ0) is 15.2. The molecule has 0 unspecified atom stereocenters. The Bertz CT molecular complexity index is 652. The van der Waals surface area contributed by atoms with E-state index in [2.05, 4.69) is 15.6 Å². The summed E-state index contributed by atoms with van der Waals surface area (Å²) in [5, 5.41) is 14.7. The largest absolute Gasteiger partial charge is 0.480 e. The third-order valence-corrected chi connectivity index (χ3v) is 3.11. The van der Waals surface area contributed by atoms with Crippen LogP contribution in [0.25, 0.3) is 10.9 Å². The highest BCUT2D eigenvalue weighted by Gasteiger charge is 2.13. The molecule has 0 saturated carbocycles. The van der Waals surface area contributed by atoms with Crippen LogP contribution in [0.15, 0.2) is 36.5 Å². The van der Waals surface area contributed by atoms with Crippen LogP contribution in [0.5, 0.6) is 0 Å². The Morgan fingerprint density at radius 1 is 1.29 bits per heavy atom. The topological polar surface area (TPSA) is 91.3 Å². The third kappa shape index (κ3) is 3.92. The molecule has 2 aromatic rings. The Kier molecular flexibility index (Phi) is 4.71. The number of aliphatic carboxylic acids is 1. The number of aromatic nitrogens is 1. The van der Waals surface area contributed by atoms with Crippen LogP contribution in [0.1, 0.15) is 12.5 Å². The lowest BCUT2D eigenvalue weighted by Gasteiger charge is -2.11. The molecule has 6 heteroatoms. The summed E-state index contributed by atoms with van der Waals surface area (Å²) in [6.45, 7) is 1.82. The molecule has 1 aromatic heterocycles. The molecule has 0 spiro atoms. The van der Waals surface area contributed by atoms with E-state index in [1.807, 2.05) is 30.3 Å². The first-order chi connectivity index (χ1) is 10.1. The van der Waals surface area contributed by atoms with Crippen molar-refractivity contribution in [3.8, 4) is 0 Å². The van der Waals surface area contributed by atoms with E-state index in [0.29, 0.717) is 13.0 Å². The summed E-state index contributed by atoms with van der Waals surface area (Å²) in [4.78, 5) is 26.5. The molecule has 2 rings (SSSR count). The van der Waals surface area contributed by atoms with Crippen molar-refractivity contribution in [2.75, 3.05) is 6.54 Å². The lowest BCUT2D eigenvalue weighted by molar-refractivity contribution is -0.138. The quantitative estimate of drug-likeness (QED) is 0.778. The summed E-state index contributed by atoms with van der Waals surface area (Å²) < 4.78 is 0. The molecule has 0 saturated heterocycles. The van der Waals surface area contributed by atoms with Gasteiger partial charge in [-0.2, -0.15) is 0 Å². The summed E-state index contributed by atoms with van der Waals surface area (Å²) in [6, 6.07) is 8.37. The van der Waals surface area contributed by atoms with Gasteiger partial charge in [0.05, 0.1) is 5.52 Å². The number of amides is 2. The highest BCUT2D eigenvalue weighted by molar-refractivity contribution is 5.83. The lowest BCUT2D eigenvalue weighted by Crippen LogP contribution is -2.44. The highest BCUT2D eigenvalue weighted by Crippen LogP contribution is 2.15. The van der Waals surface area contributed by atoms with Gasteiger partial charge in [-0.15, -0.1) is 0 Å². The molecule has 1 heterocycles. The van der Waals surface area contributed by atoms with E-state index < -0.39 is 18.0 Å². The zero-order valence-corrected chi connectivity index (χ0v) is 11.7. The number of carbonyl (C=O) groups is 2. The van der Waals surface area contributed by atoms with Gasteiger partial charge in [0.1, 0.15) is 6.04 Å². The average Bonchev–Trinajstić information content (AvgIpc) is 2.47. The second-order valence-corrected chi connectivity index (χ2v) is 4.70. The molecule has 0 aliphatic rings. The van der Waals surface area contributed by atoms with E-state index in [-0.39, 0.29) is 0 Å². The maximum absolute atomic E-state index is 11.5. The standard InChI is InChI=1S/C15H17N3O3/c1-10(14(19)20)18-15(21)17-9-7-12-5-2-4-11-6-3-8-16-13(11)12/h2-6,8,10H,7,9H2,1H3,(H,19,20)(H2,17,18,21)/t10-/m0/s1. The number of rotatable bonds is 5. The van der Waals surface area contributed by atoms with Crippen molar-refractivity contribution in [1.29, 1.82) is 0 Å². The van der Waals surface area contributed by atoms with Crippen molar-refractivity contribution in [2.45, 2.75) is 19.4 Å². The number of carboxylic acid groups (broad SMARTS) is 1. The van der Waals surface area contributed by atoms with Gasteiger partial charge in [0.15, 0.2) is 0 Å². The van der Waals surface area contributed by atoms with E-state index in [4.69, 9.17) is 5.11 Å². The number of carbonyl (C=O) groups excluding carboxylic acids is 1. The molecule has 0 bridgehead atoms. The predicted molar refractivity (Wildman–Crippen MR) is 79.1 cm³/mol. The van der Waals surface area contributed by atoms with Crippen LogP contribution in [0, 0.1) is 0 Å². The maximum Gasteiger partial charge on any atom is 0.325 e. The number of hydrogen-bond acceptors (Lipinski definition) is 3. The van der Waals surface area contributed by atoms with Crippen LogP contribution < -0.4 is 10.6 Å². The Morgan fingerprint density at radius 2 is 2.05 bits per heavy atom. The summed E-state index contributed by atoms with van der Waals surface area (Å²) in [5.74, 6) is -1.07. The zero-order valence-electron chi connectivity index (χ0n) is 11.7. The van der Waals surface area contributed by atoms with Crippen LogP contribution in [0.4, 0.5) is 4.79 Å². The first-order valence-electron chi connectivity index (χ1n) is 6.67. The predicted octanol–water partition coefficient (Wildman–Crippen LogP) is 1.55. The minimum absolute atomic E-state index is 0.411. The van der Waals surface area contributed by atoms with E-state index >= 15 is 0 Å². The molecular weight excluding hydrogens is 270 g/mol. The number of nitrogens with zero attached hydrogens (tertiary/aromatic N) is 1. The molecule has 0 radical (unpaired) electrons. The summed E-state index contributed by atoms with van der Waals surface area (Å²) >= 11 is 0. The van der Waals surface area contributed by atoms with Gasteiger partial charge in [0.2, 0.25) is 0 Å². The number of pyridine rings is 1. The molecule has 1 aromatic carbocycles. The molecule has 0 fully saturated rings. The first-order valence-corrected chi connectivity index (χ1v) is 6.67. The fraction of sp³-hybridized carbons (Fsp3) is 0.267. The van der Waals surface area contributed by atoms with E-state index in [0.717, 1.165) is 16.5 Å². The smallest absolute Gasteiger partial charge is 0.325 e. The third-order valence-electron chi connectivity index (χ3n) is 3.11. The maximum atomic E-state index is 11.5. The molecular formula is C15H17N3O3.